The molecule has 0 aliphatic rings. The van der Waals surface area contributed by atoms with Crippen LogP contribution in [0.5, 0.6) is 0 Å². The Morgan fingerprint density at radius 3 is 1.15 bits per heavy atom. The third-order valence-electron chi connectivity index (χ3n) is 14.9. The first kappa shape index (κ1) is 73.5. The highest BCUT2D eigenvalue weighted by Crippen LogP contribution is 2.38. The number of amides is 1. The van der Waals surface area contributed by atoms with Crippen molar-refractivity contribution in [2.24, 2.45) is 0 Å². The van der Waals surface area contributed by atoms with Crippen LogP contribution in [-0.4, -0.2) is 69.4 Å². The first-order valence-corrected chi connectivity index (χ1v) is 34.1. The van der Waals surface area contributed by atoms with Gasteiger partial charge in [-0.05, 0) is 57.4 Å². The molecule has 0 bridgehead atoms. The molecule has 0 aromatic rings. The average molecular weight is 1080 g/mol. The van der Waals surface area contributed by atoms with Gasteiger partial charge in [0.2, 0.25) is 5.91 Å². The number of hydrogen-bond donors (Lipinski definition) is 1. The second kappa shape index (κ2) is 55.8. The molecule has 9 nitrogen and oxygen atoms in total. The van der Waals surface area contributed by atoms with Gasteiger partial charge in [-0.1, -0.05) is 283 Å². The predicted molar refractivity (Wildman–Crippen MR) is 321 cm³/mol. The number of esters is 1. The number of ether oxygens (including phenoxy) is 1. The third kappa shape index (κ3) is 57.0. The number of likely N-dealkylation sites (N-methyl/N-ethyl adjacent to an activating group) is 1. The van der Waals surface area contributed by atoms with Gasteiger partial charge in [-0.25, -0.2) is 0 Å². The van der Waals surface area contributed by atoms with E-state index in [4.69, 9.17) is 13.8 Å². The van der Waals surface area contributed by atoms with Crippen molar-refractivity contribution in [2.75, 3.05) is 40.9 Å². The highest BCUT2D eigenvalue weighted by molar-refractivity contribution is 7.45. The Bertz CT molecular complexity index is 1340. The molecule has 0 aromatic carbocycles. The topological polar surface area (TPSA) is 114 Å². The zero-order valence-corrected chi connectivity index (χ0v) is 51.7. The number of quaternary nitrogens is 1. The monoisotopic (exact) mass is 1080 g/mol. The number of allylic oxidation sites excluding steroid dienone is 3. The van der Waals surface area contributed by atoms with Crippen molar-refractivity contribution in [3.05, 3.63) is 24.3 Å². The molecule has 0 fully saturated rings. The summed E-state index contributed by atoms with van der Waals surface area (Å²) in [5.41, 5.74) is 0. The number of carbonyl (C=O) groups is 2. The van der Waals surface area contributed by atoms with Gasteiger partial charge in [-0.3, -0.25) is 14.2 Å². The van der Waals surface area contributed by atoms with Gasteiger partial charge >= 0.3 is 5.97 Å². The summed E-state index contributed by atoms with van der Waals surface area (Å²) in [6, 6.07) is -0.885. The Kier molecular flexibility index (Phi) is 54.7. The SMILES string of the molecule is CCCCCC/C=C\CCCCCCCCCC(=O)NC(COP(=O)([O-])OCC[N+](C)(C)C)C(/C=C\CCCCCCCCCCCCC)OC(=O)CCCCCCCCCCCCCCCCCCCCCCC. The molecule has 0 spiro atoms. The molecular weight excluding hydrogens is 952 g/mol. The minimum absolute atomic E-state index is 0.0195. The summed E-state index contributed by atoms with van der Waals surface area (Å²) in [7, 11) is 1.20. The van der Waals surface area contributed by atoms with E-state index in [-0.39, 0.29) is 31.5 Å². The number of hydrogen-bond acceptors (Lipinski definition) is 7. The highest BCUT2D eigenvalue weighted by Gasteiger charge is 2.27. The van der Waals surface area contributed by atoms with Crippen LogP contribution in [0.3, 0.4) is 0 Å². The zero-order valence-electron chi connectivity index (χ0n) is 50.8. The van der Waals surface area contributed by atoms with E-state index in [1.54, 1.807) is 0 Å². The normalized spacial score (nSPS) is 13.7. The van der Waals surface area contributed by atoms with E-state index >= 15 is 0 Å². The standard InChI is InChI=1S/C65H127N2O7P/c1-7-10-13-16-19-22-25-28-30-31-32-33-34-35-37-40-43-46-49-52-55-58-65(69)74-63(56-53-50-47-44-41-38-27-24-21-18-15-12-9-3)62(61-73-75(70,71)72-60-59-67(4,5)6)66-64(68)57-54-51-48-45-42-39-36-29-26-23-20-17-14-11-8-2/h23,26,53,56,62-63H,7-22,24-25,27-52,54-55,57-61H2,1-6H3,(H-,66,68,70,71)/b26-23-,56-53-. The smallest absolute Gasteiger partial charge is 0.306 e. The molecule has 0 saturated heterocycles. The molecule has 0 aliphatic heterocycles. The molecule has 75 heavy (non-hydrogen) atoms. The van der Waals surface area contributed by atoms with Gasteiger partial charge < -0.3 is 28.5 Å². The van der Waals surface area contributed by atoms with Crippen LogP contribution in [0.15, 0.2) is 24.3 Å². The molecule has 0 aliphatic carbocycles. The van der Waals surface area contributed by atoms with Gasteiger partial charge in [0.25, 0.3) is 7.82 Å². The quantitative estimate of drug-likeness (QED) is 0.0212. The van der Waals surface area contributed by atoms with Crippen molar-refractivity contribution in [3.8, 4) is 0 Å². The number of nitrogens with one attached hydrogen (secondary N) is 1. The number of phosphoric acid groups is 1. The van der Waals surface area contributed by atoms with E-state index in [0.717, 1.165) is 70.6 Å². The van der Waals surface area contributed by atoms with Crippen LogP contribution in [0.4, 0.5) is 0 Å². The maximum Gasteiger partial charge on any atom is 0.306 e. The van der Waals surface area contributed by atoms with Crippen LogP contribution >= 0.6 is 7.82 Å². The van der Waals surface area contributed by atoms with E-state index < -0.39 is 20.0 Å². The van der Waals surface area contributed by atoms with Crippen molar-refractivity contribution >= 4 is 19.7 Å². The van der Waals surface area contributed by atoms with E-state index in [9.17, 15) is 19.0 Å². The maximum absolute atomic E-state index is 13.5. The van der Waals surface area contributed by atoms with Crippen LogP contribution < -0.4 is 10.2 Å². The summed E-state index contributed by atoms with van der Waals surface area (Å²) in [5.74, 6) is -0.528. The van der Waals surface area contributed by atoms with Gasteiger partial charge in [0.1, 0.15) is 19.3 Å². The fourth-order valence-corrected chi connectivity index (χ4v) is 10.5. The molecule has 3 atom stereocenters. The van der Waals surface area contributed by atoms with Crippen LogP contribution in [0.1, 0.15) is 329 Å². The summed E-state index contributed by atoms with van der Waals surface area (Å²) in [4.78, 5) is 40.0. The van der Waals surface area contributed by atoms with Gasteiger partial charge in [0.05, 0.1) is 33.8 Å². The first-order chi connectivity index (χ1) is 36.4. The Hall–Kier alpha value is -1.51. The van der Waals surface area contributed by atoms with Crippen LogP contribution in [0, 0.1) is 0 Å². The molecule has 0 aromatic heterocycles. The summed E-state index contributed by atoms with van der Waals surface area (Å²) >= 11 is 0. The number of unbranched alkanes of at least 4 members (excludes halogenated alkanes) is 42. The lowest BCUT2D eigenvalue weighted by molar-refractivity contribution is -0.870. The largest absolute Gasteiger partial charge is 0.756 e. The van der Waals surface area contributed by atoms with Gasteiger partial charge in [-0.15, -0.1) is 0 Å². The summed E-state index contributed by atoms with van der Waals surface area (Å²) in [6.45, 7) is 6.88. The van der Waals surface area contributed by atoms with Crippen molar-refractivity contribution in [3.63, 3.8) is 0 Å². The van der Waals surface area contributed by atoms with Crippen LogP contribution in [0.2, 0.25) is 0 Å². The molecule has 10 heteroatoms. The van der Waals surface area contributed by atoms with Gasteiger partial charge in [-0.2, -0.15) is 0 Å². The molecule has 0 heterocycles. The van der Waals surface area contributed by atoms with E-state index in [1.807, 2.05) is 33.3 Å². The van der Waals surface area contributed by atoms with Crippen molar-refractivity contribution in [1.82, 2.24) is 5.32 Å². The van der Waals surface area contributed by atoms with Gasteiger partial charge in [0.15, 0.2) is 0 Å². The molecule has 1 N–H and O–H groups in total. The second-order valence-corrected chi connectivity index (χ2v) is 25.0. The maximum atomic E-state index is 13.5. The van der Waals surface area contributed by atoms with E-state index in [0.29, 0.717) is 17.4 Å². The number of phosphoric ester groups is 1. The van der Waals surface area contributed by atoms with Crippen LogP contribution in [0.25, 0.3) is 0 Å². The molecule has 0 rings (SSSR count). The first-order valence-electron chi connectivity index (χ1n) is 32.6. The fraction of sp³-hybridized carbons (Fsp3) is 0.908. The molecule has 444 valence electrons. The van der Waals surface area contributed by atoms with Gasteiger partial charge in [0, 0.05) is 12.8 Å². The summed E-state index contributed by atoms with van der Waals surface area (Å²) < 4.78 is 30.4. The summed E-state index contributed by atoms with van der Waals surface area (Å²) in [5, 5.41) is 3.04. The molecule has 3 unspecified atom stereocenters. The Labute approximate surface area is 466 Å². The van der Waals surface area contributed by atoms with Crippen molar-refractivity contribution < 1.29 is 37.3 Å². The minimum Gasteiger partial charge on any atom is -0.756 e. The summed E-state index contributed by atoms with van der Waals surface area (Å²) in [6.07, 6.45) is 65.7. The second-order valence-electron chi connectivity index (χ2n) is 23.6. The predicted octanol–water partition coefficient (Wildman–Crippen LogP) is 19.5. The average Bonchev–Trinajstić information content (AvgIpc) is 3.37. The van der Waals surface area contributed by atoms with Crippen LogP contribution in [-0.2, 0) is 27.9 Å². The lowest BCUT2D eigenvalue weighted by Crippen LogP contribution is -2.47. The van der Waals surface area contributed by atoms with Crippen molar-refractivity contribution in [2.45, 2.75) is 341 Å². The number of rotatable bonds is 60. The zero-order chi connectivity index (χ0) is 55.0. The highest BCUT2D eigenvalue weighted by atomic mass is 31.2. The molecular formula is C65H127N2O7P. The van der Waals surface area contributed by atoms with Crippen molar-refractivity contribution in [1.29, 1.82) is 0 Å². The van der Waals surface area contributed by atoms with E-state index in [2.05, 4.69) is 38.2 Å². The molecule has 1 amide bonds. The number of nitrogens with zero attached hydrogens (tertiary/aromatic N) is 1. The lowest BCUT2D eigenvalue weighted by Gasteiger charge is -2.30. The van der Waals surface area contributed by atoms with E-state index in [1.165, 1.54) is 225 Å². The minimum atomic E-state index is -4.69. The molecule has 0 radical (unpaired) electrons. The lowest BCUT2D eigenvalue weighted by atomic mass is 10.0. The Morgan fingerprint density at radius 1 is 0.453 bits per heavy atom. The number of carbonyl (C=O) groups excluding carboxylic acids is 2. The Morgan fingerprint density at radius 2 is 0.773 bits per heavy atom. The molecule has 0 saturated carbocycles. The Balaban J connectivity index is 5.17. The third-order valence-corrected chi connectivity index (χ3v) is 15.8. The fourth-order valence-electron chi connectivity index (χ4n) is 9.81.